The molecule has 1 heterocycles. The standard InChI is InChI=1S/C24H28N4O3/c1-5-27(22(30)16-31-4)15-21(29)25-24-23(19-12-7-6-8-13-19)18(3)26-28(24)20-14-10-9-11-17(20)2/h6-14H,5,15-16H2,1-4H3,(H,25,29). The van der Waals surface area contributed by atoms with Crippen LogP contribution in [0.25, 0.3) is 16.8 Å². The van der Waals surface area contributed by atoms with Crippen molar-refractivity contribution in [3.8, 4) is 16.8 Å². The molecule has 0 aliphatic carbocycles. The summed E-state index contributed by atoms with van der Waals surface area (Å²) in [7, 11) is 1.46. The Morgan fingerprint density at radius 3 is 2.39 bits per heavy atom. The first-order valence-electron chi connectivity index (χ1n) is 10.2. The highest BCUT2D eigenvalue weighted by Gasteiger charge is 2.22. The maximum absolute atomic E-state index is 13.0. The first kappa shape index (κ1) is 22.2. The number of nitrogens with zero attached hydrogens (tertiary/aromatic N) is 3. The third kappa shape index (κ3) is 5.00. The van der Waals surface area contributed by atoms with E-state index in [-0.39, 0.29) is 25.0 Å². The average molecular weight is 421 g/mol. The molecule has 0 atom stereocenters. The summed E-state index contributed by atoms with van der Waals surface area (Å²) in [6, 6.07) is 17.7. The largest absolute Gasteiger partial charge is 0.375 e. The van der Waals surface area contributed by atoms with Gasteiger partial charge in [-0.15, -0.1) is 0 Å². The van der Waals surface area contributed by atoms with Gasteiger partial charge in [0.1, 0.15) is 12.4 Å². The molecular weight excluding hydrogens is 392 g/mol. The van der Waals surface area contributed by atoms with E-state index in [9.17, 15) is 9.59 Å². The number of hydrogen-bond acceptors (Lipinski definition) is 4. The smallest absolute Gasteiger partial charge is 0.249 e. The Bertz CT molecular complexity index is 1060. The molecule has 3 rings (SSSR count). The summed E-state index contributed by atoms with van der Waals surface area (Å²) in [5.41, 5.74) is 4.52. The highest BCUT2D eigenvalue weighted by molar-refractivity contribution is 5.98. The Hall–Kier alpha value is -3.45. The molecule has 0 spiro atoms. The number of nitrogens with one attached hydrogen (secondary N) is 1. The summed E-state index contributed by atoms with van der Waals surface area (Å²) < 4.78 is 6.68. The van der Waals surface area contributed by atoms with Crippen LogP contribution >= 0.6 is 0 Å². The fourth-order valence-electron chi connectivity index (χ4n) is 3.50. The number of likely N-dealkylation sites (N-methyl/N-ethyl adjacent to an activating group) is 1. The van der Waals surface area contributed by atoms with Crippen molar-refractivity contribution < 1.29 is 14.3 Å². The van der Waals surface area contributed by atoms with Crippen LogP contribution in [0.15, 0.2) is 54.6 Å². The van der Waals surface area contributed by atoms with Gasteiger partial charge in [-0.3, -0.25) is 9.59 Å². The fraction of sp³-hybridized carbons (Fsp3) is 0.292. The second-order valence-electron chi connectivity index (χ2n) is 7.26. The molecule has 0 radical (unpaired) electrons. The van der Waals surface area contributed by atoms with Crippen LogP contribution in [0.3, 0.4) is 0 Å². The lowest BCUT2D eigenvalue weighted by molar-refractivity contribution is -0.137. The lowest BCUT2D eigenvalue weighted by Crippen LogP contribution is -2.39. The molecule has 0 unspecified atom stereocenters. The number of aryl methyl sites for hydroxylation is 2. The van der Waals surface area contributed by atoms with Crippen molar-refractivity contribution in [3.05, 3.63) is 65.9 Å². The van der Waals surface area contributed by atoms with E-state index in [0.717, 1.165) is 28.1 Å². The molecule has 162 valence electrons. The van der Waals surface area contributed by atoms with E-state index in [0.29, 0.717) is 12.4 Å². The van der Waals surface area contributed by atoms with Crippen molar-refractivity contribution in [1.82, 2.24) is 14.7 Å². The zero-order chi connectivity index (χ0) is 22.4. The number of aromatic nitrogens is 2. The van der Waals surface area contributed by atoms with Crippen LogP contribution < -0.4 is 5.32 Å². The second kappa shape index (κ2) is 10.0. The summed E-state index contributed by atoms with van der Waals surface area (Å²) in [5, 5.41) is 7.75. The SMILES string of the molecule is CCN(CC(=O)Nc1c(-c2ccccc2)c(C)nn1-c1ccccc1C)C(=O)COC. The molecule has 0 bridgehead atoms. The summed E-state index contributed by atoms with van der Waals surface area (Å²) in [4.78, 5) is 26.6. The quantitative estimate of drug-likeness (QED) is 0.604. The van der Waals surface area contributed by atoms with Crippen LogP contribution in [0.2, 0.25) is 0 Å². The Balaban J connectivity index is 2.02. The third-order valence-corrected chi connectivity index (χ3v) is 5.06. The highest BCUT2D eigenvalue weighted by atomic mass is 16.5. The van der Waals surface area contributed by atoms with Gasteiger partial charge >= 0.3 is 0 Å². The van der Waals surface area contributed by atoms with E-state index in [1.165, 1.54) is 12.0 Å². The Kier molecular flexibility index (Phi) is 7.20. The van der Waals surface area contributed by atoms with Crippen molar-refractivity contribution in [3.63, 3.8) is 0 Å². The van der Waals surface area contributed by atoms with Gasteiger partial charge in [-0.25, -0.2) is 4.68 Å². The van der Waals surface area contributed by atoms with Crippen molar-refractivity contribution in [2.45, 2.75) is 20.8 Å². The Morgan fingerprint density at radius 1 is 1.06 bits per heavy atom. The molecule has 1 N–H and O–H groups in total. The first-order valence-corrected chi connectivity index (χ1v) is 10.2. The molecule has 0 saturated heterocycles. The van der Waals surface area contributed by atoms with E-state index in [1.54, 1.807) is 4.68 Å². The van der Waals surface area contributed by atoms with Gasteiger partial charge in [0, 0.05) is 19.2 Å². The minimum atomic E-state index is -0.293. The monoisotopic (exact) mass is 420 g/mol. The van der Waals surface area contributed by atoms with Gasteiger partial charge in [-0.1, -0.05) is 48.5 Å². The van der Waals surface area contributed by atoms with E-state index >= 15 is 0 Å². The van der Waals surface area contributed by atoms with E-state index in [2.05, 4.69) is 5.32 Å². The lowest BCUT2D eigenvalue weighted by atomic mass is 10.1. The molecular formula is C24H28N4O3. The number of methoxy groups -OCH3 is 1. The zero-order valence-corrected chi connectivity index (χ0v) is 18.4. The lowest BCUT2D eigenvalue weighted by Gasteiger charge is -2.20. The molecule has 2 aromatic carbocycles. The van der Waals surface area contributed by atoms with Gasteiger partial charge in [0.15, 0.2) is 0 Å². The molecule has 2 amide bonds. The van der Waals surface area contributed by atoms with Crippen molar-refractivity contribution >= 4 is 17.6 Å². The van der Waals surface area contributed by atoms with Crippen LogP contribution in [0.1, 0.15) is 18.2 Å². The second-order valence-corrected chi connectivity index (χ2v) is 7.26. The van der Waals surface area contributed by atoms with Crippen LogP contribution in [-0.4, -0.2) is 53.3 Å². The van der Waals surface area contributed by atoms with Gasteiger partial charge in [0.25, 0.3) is 0 Å². The van der Waals surface area contributed by atoms with E-state index < -0.39 is 0 Å². The molecule has 3 aromatic rings. The topological polar surface area (TPSA) is 76.5 Å². The predicted octanol–water partition coefficient (Wildman–Crippen LogP) is 3.59. The fourth-order valence-corrected chi connectivity index (χ4v) is 3.50. The molecule has 0 aliphatic heterocycles. The van der Waals surface area contributed by atoms with Crippen LogP contribution in [0, 0.1) is 13.8 Å². The maximum atomic E-state index is 13.0. The molecule has 0 fully saturated rings. The summed E-state index contributed by atoms with van der Waals surface area (Å²) in [6.45, 7) is 6.05. The molecule has 7 heteroatoms. The predicted molar refractivity (Wildman–Crippen MR) is 121 cm³/mol. The zero-order valence-electron chi connectivity index (χ0n) is 18.4. The molecule has 0 saturated carbocycles. The highest BCUT2D eigenvalue weighted by Crippen LogP contribution is 2.34. The molecule has 31 heavy (non-hydrogen) atoms. The van der Waals surface area contributed by atoms with Crippen LogP contribution in [0.4, 0.5) is 5.82 Å². The number of amides is 2. The minimum Gasteiger partial charge on any atom is -0.375 e. The summed E-state index contributed by atoms with van der Waals surface area (Å²) in [5.74, 6) is 0.0588. The average Bonchev–Trinajstić information content (AvgIpc) is 3.08. The van der Waals surface area contributed by atoms with Gasteiger partial charge in [-0.2, -0.15) is 5.10 Å². The maximum Gasteiger partial charge on any atom is 0.249 e. The van der Waals surface area contributed by atoms with Crippen LogP contribution in [0.5, 0.6) is 0 Å². The van der Waals surface area contributed by atoms with Gasteiger partial charge < -0.3 is 15.0 Å². The summed E-state index contributed by atoms with van der Waals surface area (Å²) >= 11 is 0. The normalized spacial score (nSPS) is 10.7. The Labute approximate surface area is 182 Å². The van der Waals surface area contributed by atoms with E-state index in [1.807, 2.05) is 75.4 Å². The minimum absolute atomic E-state index is 0.0589. The van der Waals surface area contributed by atoms with Crippen molar-refractivity contribution in [1.29, 1.82) is 0 Å². The number of anilines is 1. The number of benzene rings is 2. The van der Waals surface area contributed by atoms with Crippen molar-refractivity contribution in [2.75, 3.05) is 32.1 Å². The van der Waals surface area contributed by atoms with Gasteiger partial charge in [-0.05, 0) is 38.0 Å². The van der Waals surface area contributed by atoms with Crippen molar-refractivity contribution in [2.24, 2.45) is 0 Å². The third-order valence-electron chi connectivity index (χ3n) is 5.06. The van der Waals surface area contributed by atoms with Crippen LogP contribution in [-0.2, 0) is 14.3 Å². The number of ether oxygens (including phenoxy) is 1. The van der Waals surface area contributed by atoms with E-state index in [4.69, 9.17) is 9.84 Å². The first-order chi connectivity index (χ1) is 15.0. The molecule has 7 nitrogen and oxygen atoms in total. The molecule has 0 aliphatic rings. The Morgan fingerprint density at radius 2 is 1.74 bits per heavy atom. The van der Waals surface area contributed by atoms with Gasteiger partial charge in [0.05, 0.1) is 17.9 Å². The number of carbonyl (C=O) groups excluding carboxylic acids is 2. The number of carbonyl (C=O) groups is 2. The molecule has 1 aromatic heterocycles. The van der Waals surface area contributed by atoms with Gasteiger partial charge in [0.2, 0.25) is 11.8 Å². The number of rotatable bonds is 8. The summed E-state index contributed by atoms with van der Waals surface area (Å²) in [6.07, 6.45) is 0. The number of hydrogen-bond donors (Lipinski definition) is 1. The number of para-hydroxylation sites is 1.